The number of aromatic nitrogens is 3. The minimum atomic E-state index is -0.944. The summed E-state index contributed by atoms with van der Waals surface area (Å²) in [5.41, 5.74) is 2.17. The molecule has 2 amide bonds. The Morgan fingerprint density at radius 1 is 1.07 bits per heavy atom. The van der Waals surface area contributed by atoms with Crippen LogP contribution in [-0.2, 0) is 25.8 Å². The number of nitrogens with one attached hydrogen (secondary N) is 1. The molecule has 1 saturated heterocycles. The summed E-state index contributed by atoms with van der Waals surface area (Å²) in [5.74, 6) is -3.38. The highest BCUT2D eigenvalue weighted by atomic mass is 16.5. The van der Waals surface area contributed by atoms with Gasteiger partial charge in [-0.2, -0.15) is 0 Å². The first-order valence-electron chi connectivity index (χ1n) is 13.9. The molecule has 0 bridgehead atoms. The molecule has 6 atom stereocenters. The van der Waals surface area contributed by atoms with Crippen molar-refractivity contribution in [3.05, 3.63) is 72.3 Å². The number of carbonyl (C=O) groups is 3. The fourth-order valence-corrected chi connectivity index (χ4v) is 6.27. The second-order valence-electron chi connectivity index (χ2n) is 10.3. The van der Waals surface area contributed by atoms with E-state index in [0.29, 0.717) is 11.1 Å². The number of aliphatic hydroxyl groups is 1. The van der Waals surface area contributed by atoms with Gasteiger partial charge in [-0.3, -0.25) is 14.4 Å². The van der Waals surface area contributed by atoms with Crippen molar-refractivity contribution in [2.45, 2.75) is 45.4 Å². The van der Waals surface area contributed by atoms with E-state index in [1.54, 1.807) is 11.6 Å². The van der Waals surface area contributed by atoms with E-state index in [1.807, 2.05) is 73.7 Å². The largest absolute Gasteiger partial charge is 0.466 e. The maximum Gasteiger partial charge on any atom is 0.310 e. The van der Waals surface area contributed by atoms with Crippen molar-refractivity contribution in [1.82, 2.24) is 25.2 Å². The molecule has 3 aromatic rings. The number of para-hydroxylation sites is 1. The van der Waals surface area contributed by atoms with Crippen molar-refractivity contribution in [1.29, 1.82) is 0 Å². The van der Waals surface area contributed by atoms with Gasteiger partial charge >= 0.3 is 5.97 Å². The van der Waals surface area contributed by atoms with Crippen molar-refractivity contribution in [3.63, 3.8) is 0 Å². The molecule has 0 saturated carbocycles. The Morgan fingerprint density at radius 2 is 1.82 bits per heavy atom. The lowest BCUT2D eigenvalue weighted by Crippen LogP contribution is -2.49. The van der Waals surface area contributed by atoms with E-state index >= 15 is 0 Å². The smallest absolute Gasteiger partial charge is 0.310 e. The van der Waals surface area contributed by atoms with Crippen LogP contribution < -0.4 is 5.32 Å². The molecule has 1 aromatic heterocycles. The second-order valence-corrected chi connectivity index (χ2v) is 10.3. The number of esters is 1. The van der Waals surface area contributed by atoms with Gasteiger partial charge in [-0.1, -0.05) is 73.2 Å². The number of allylic oxidation sites excluding steroid dienone is 1. The molecule has 10 heteroatoms. The number of rotatable bonds is 10. The molecular formula is C30H35N5O5. The van der Waals surface area contributed by atoms with Crippen molar-refractivity contribution in [3.8, 4) is 0 Å². The highest BCUT2D eigenvalue weighted by Gasteiger charge is 2.59. The van der Waals surface area contributed by atoms with Gasteiger partial charge in [0, 0.05) is 5.92 Å². The molecule has 40 heavy (non-hydrogen) atoms. The lowest BCUT2D eigenvalue weighted by Gasteiger charge is -2.34. The summed E-state index contributed by atoms with van der Waals surface area (Å²) >= 11 is 0. The first kappa shape index (κ1) is 27.5. The van der Waals surface area contributed by atoms with Crippen LogP contribution >= 0.6 is 0 Å². The summed E-state index contributed by atoms with van der Waals surface area (Å²) < 4.78 is 7.03. The Labute approximate surface area is 233 Å². The van der Waals surface area contributed by atoms with E-state index in [1.165, 1.54) is 4.90 Å². The Bertz CT molecular complexity index is 1390. The Kier molecular flexibility index (Phi) is 8.25. The lowest BCUT2D eigenvalue weighted by molar-refractivity contribution is -0.156. The van der Waals surface area contributed by atoms with Gasteiger partial charge in [-0.05, 0) is 37.0 Å². The number of nitrogens with zero attached hydrogens (tertiary/aromatic N) is 4. The van der Waals surface area contributed by atoms with Crippen LogP contribution in [0.1, 0.15) is 38.3 Å². The van der Waals surface area contributed by atoms with E-state index in [4.69, 9.17) is 4.74 Å². The number of fused-ring (bicyclic) bond motifs is 2. The Hall–Kier alpha value is -4.05. The zero-order valence-electron chi connectivity index (χ0n) is 22.7. The number of likely N-dealkylation sites (tertiary alicyclic amines) is 1. The zero-order chi connectivity index (χ0) is 28.2. The quantitative estimate of drug-likeness (QED) is 0.296. The SMILES string of the molecule is CCC[C@@H]1C=C[C@H]2[C@@H](C(=O)N([C@H](CO)c3ccccc3)[C@@H]2C(=O)NCn2nnc3ccccc32)[C@@H]1C(=O)OCC. The highest BCUT2D eigenvalue weighted by Crippen LogP contribution is 2.48. The van der Waals surface area contributed by atoms with E-state index in [2.05, 4.69) is 15.6 Å². The van der Waals surface area contributed by atoms with Crippen molar-refractivity contribution < 1.29 is 24.2 Å². The normalized spacial score (nSPS) is 24.6. The standard InChI is InChI=1S/C30H35N5O5/c1-3-10-20-15-16-21-26(25(20)30(39)40-4-2)29(38)35(24(17-36)19-11-6-5-7-12-19)27(21)28(37)31-18-34-23-14-9-8-13-22(23)32-33-34/h5-9,11-16,20-21,24-27,36H,3-4,10,17-18H2,1-2H3,(H,31,37)/t20-,21+,24-,25-,26-,27+/m1/s1. The maximum atomic E-state index is 14.3. The van der Waals surface area contributed by atoms with Crippen LogP contribution in [0.25, 0.3) is 11.0 Å². The second kappa shape index (κ2) is 12.0. The zero-order valence-corrected chi connectivity index (χ0v) is 22.7. The lowest BCUT2D eigenvalue weighted by atomic mass is 9.69. The molecule has 0 radical (unpaired) electrons. The van der Waals surface area contributed by atoms with Gasteiger partial charge in [0.1, 0.15) is 18.2 Å². The van der Waals surface area contributed by atoms with Crippen LogP contribution in [0.5, 0.6) is 0 Å². The molecule has 5 rings (SSSR count). The third-order valence-electron chi connectivity index (χ3n) is 8.01. The molecule has 2 aromatic carbocycles. The number of ether oxygens (including phenoxy) is 1. The molecule has 2 N–H and O–H groups in total. The van der Waals surface area contributed by atoms with Crippen LogP contribution in [-0.4, -0.2) is 62.0 Å². The van der Waals surface area contributed by atoms with Crippen LogP contribution in [0.2, 0.25) is 0 Å². The average molecular weight is 546 g/mol. The van der Waals surface area contributed by atoms with Crippen molar-refractivity contribution >= 4 is 28.8 Å². The van der Waals surface area contributed by atoms with Gasteiger partial charge in [-0.25, -0.2) is 4.68 Å². The van der Waals surface area contributed by atoms with Gasteiger partial charge in [0.2, 0.25) is 11.8 Å². The number of hydrogen-bond acceptors (Lipinski definition) is 7. The molecular weight excluding hydrogens is 510 g/mol. The number of benzene rings is 2. The summed E-state index contributed by atoms with van der Waals surface area (Å²) in [6, 6.07) is 14.9. The molecule has 1 aliphatic carbocycles. The van der Waals surface area contributed by atoms with Gasteiger partial charge in [0.15, 0.2) is 0 Å². The molecule has 1 fully saturated rings. The first-order valence-corrected chi connectivity index (χ1v) is 13.9. The molecule has 0 unspecified atom stereocenters. The molecule has 10 nitrogen and oxygen atoms in total. The highest BCUT2D eigenvalue weighted by molar-refractivity contribution is 5.96. The van der Waals surface area contributed by atoms with Gasteiger partial charge in [-0.15, -0.1) is 5.10 Å². The predicted octanol–water partition coefficient (Wildman–Crippen LogP) is 2.85. The fraction of sp³-hybridized carbons (Fsp3) is 0.433. The number of carbonyl (C=O) groups excluding carboxylic acids is 3. The molecule has 1 aliphatic heterocycles. The van der Waals surface area contributed by atoms with E-state index < -0.39 is 41.7 Å². The summed E-state index contributed by atoms with van der Waals surface area (Å²) in [6.07, 6.45) is 5.42. The summed E-state index contributed by atoms with van der Waals surface area (Å²) in [7, 11) is 0. The monoisotopic (exact) mass is 545 g/mol. The number of hydrogen-bond donors (Lipinski definition) is 2. The third-order valence-corrected chi connectivity index (χ3v) is 8.01. The first-order chi connectivity index (χ1) is 19.5. The van der Waals surface area contributed by atoms with Crippen LogP contribution in [0.4, 0.5) is 0 Å². The Balaban J connectivity index is 1.52. The van der Waals surface area contributed by atoms with Gasteiger partial charge in [0.25, 0.3) is 0 Å². The molecule has 0 spiro atoms. The van der Waals surface area contributed by atoms with Gasteiger partial charge in [0.05, 0.1) is 36.6 Å². The van der Waals surface area contributed by atoms with E-state index in [9.17, 15) is 19.5 Å². The van der Waals surface area contributed by atoms with Crippen molar-refractivity contribution in [2.24, 2.45) is 23.7 Å². The van der Waals surface area contributed by atoms with Crippen LogP contribution in [0.3, 0.4) is 0 Å². The summed E-state index contributed by atoms with van der Waals surface area (Å²) in [6.45, 7) is 3.65. The number of amides is 2. The molecule has 2 heterocycles. The summed E-state index contributed by atoms with van der Waals surface area (Å²) in [5, 5.41) is 21.8. The average Bonchev–Trinajstić information content (AvgIpc) is 3.52. The minimum Gasteiger partial charge on any atom is -0.466 e. The van der Waals surface area contributed by atoms with Crippen LogP contribution in [0, 0.1) is 23.7 Å². The van der Waals surface area contributed by atoms with Crippen LogP contribution in [0.15, 0.2) is 66.7 Å². The number of aliphatic hydroxyl groups excluding tert-OH is 1. The summed E-state index contributed by atoms with van der Waals surface area (Å²) in [4.78, 5) is 43.0. The maximum absolute atomic E-state index is 14.3. The fourth-order valence-electron chi connectivity index (χ4n) is 6.27. The Morgan fingerprint density at radius 3 is 2.55 bits per heavy atom. The van der Waals surface area contributed by atoms with E-state index in [0.717, 1.165) is 18.4 Å². The minimum absolute atomic E-state index is 0.0495. The molecule has 2 aliphatic rings. The topological polar surface area (TPSA) is 127 Å². The van der Waals surface area contributed by atoms with Crippen molar-refractivity contribution in [2.75, 3.05) is 13.2 Å². The van der Waals surface area contributed by atoms with Gasteiger partial charge < -0.3 is 20.1 Å². The third kappa shape index (κ3) is 4.99. The molecule has 210 valence electrons. The predicted molar refractivity (Wildman–Crippen MR) is 147 cm³/mol. The van der Waals surface area contributed by atoms with E-state index in [-0.39, 0.29) is 31.7 Å².